The zero-order valence-electron chi connectivity index (χ0n) is 15.4. The normalized spacial score (nSPS) is 13.6. The van der Waals surface area contributed by atoms with Gasteiger partial charge in [-0.15, -0.1) is 0 Å². The molecule has 3 rings (SSSR count). The van der Waals surface area contributed by atoms with Crippen LogP contribution in [-0.4, -0.2) is 49.0 Å². The summed E-state index contributed by atoms with van der Waals surface area (Å²) in [4.78, 5) is 39.0. The zero-order valence-corrected chi connectivity index (χ0v) is 15.4. The Bertz CT molecular complexity index is 885. The van der Waals surface area contributed by atoms with Crippen molar-refractivity contribution in [2.75, 3.05) is 36.5 Å². The van der Waals surface area contributed by atoms with E-state index in [0.717, 1.165) is 0 Å². The number of carbonyl (C=O) groups is 3. The molecule has 2 aromatic rings. The van der Waals surface area contributed by atoms with E-state index in [4.69, 9.17) is 4.74 Å². The number of anilines is 2. The largest absolute Gasteiger partial charge is 0.462 e. The van der Waals surface area contributed by atoms with Gasteiger partial charge in [0.15, 0.2) is 0 Å². The molecular formula is C20H20FN3O4. The quantitative estimate of drug-likeness (QED) is 0.776. The molecule has 3 amide bonds. The predicted molar refractivity (Wildman–Crippen MR) is 102 cm³/mol. The fourth-order valence-corrected chi connectivity index (χ4v) is 2.90. The number of hydrogen-bond acceptors (Lipinski definition) is 4. The topological polar surface area (TPSA) is 79.0 Å². The maximum absolute atomic E-state index is 13.9. The molecule has 1 heterocycles. The van der Waals surface area contributed by atoms with E-state index >= 15 is 0 Å². The summed E-state index contributed by atoms with van der Waals surface area (Å²) in [5.41, 5.74) is 1.08. The first-order chi connectivity index (χ1) is 13.5. The second kappa shape index (κ2) is 8.51. The summed E-state index contributed by atoms with van der Waals surface area (Å²) in [5.74, 6) is -1.30. The Morgan fingerprint density at radius 3 is 2.50 bits per heavy atom. The van der Waals surface area contributed by atoms with Crippen molar-refractivity contribution in [1.82, 2.24) is 4.90 Å². The van der Waals surface area contributed by atoms with Gasteiger partial charge in [0.05, 0.1) is 17.9 Å². The molecule has 1 aliphatic rings. The second-order valence-corrected chi connectivity index (χ2v) is 6.15. The van der Waals surface area contributed by atoms with E-state index in [9.17, 15) is 18.8 Å². The number of urea groups is 1. The Kier molecular flexibility index (Phi) is 5.88. The maximum atomic E-state index is 13.9. The molecule has 1 N–H and O–H groups in total. The summed E-state index contributed by atoms with van der Waals surface area (Å²) in [5, 5.41) is 2.68. The number of para-hydroxylation sites is 1. The molecule has 0 bridgehead atoms. The molecule has 2 aromatic carbocycles. The van der Waals surface area contributed by atoms with Crippen LogP contribution in [0.2, 0.25) is 0 Å². The van der Waals surface area contributed by atoms with Crippen molar-refractivity contribution in [3.05, 3.63) is 59.9 Å². The van der Waals surface area contributed by atoms with E-state index in [1.165, 1.54) is 21.9 Å². The number of benzene rings is 2. The third kappa shape index (κ3) is 4.28. The molecule has 0 spiro atoms. The van der Waals surface area contributed by atoms with Gasteiger partial charge in [-0.2, -0.15) is 0 Å². The number of nitrogens with one attached hydrogen (secondary N) is 1. The number of amides is 3. The van der Waals surface area contributed by atoms with E-state index in [1.54, 1.807) is 43.3 Å². The third-order valence-electron chi connectivity index (χ3n) is 4.25. The van der Waals surface area contributed by atoms with Crippen LogP contribution in [0.4, 0.5) is 20.6 Å². The molecule has 0 saturated carbocycles. The Morgan fingerprint density at radius 2 is 1.82 bits per heavy atom. The van der Waals surface area contributed by atoms with Gasteiger partial charge in [0, 0.05) is 18.8 Å². The van der Waals surface area contributed by atoms with Gasteiger partial charge < -0.3 is 15.0 Å². The number of carbonyl (C=O) groups excluding carboxylic acids is 3. The van der Waals surface area contributed by atoms with Crippen LogP contribution in [0.15, 0.2) is 48.5 Å². The van der Waals surface area contributed by atoms with Crippen LogP contribution in [0.5, 0.6) is 0 Å². The SMILES string of the molecule is CCOC(=O)c1ccc(NC(=O)CN2CCN(c3ccccc3F)C2=O)cc1. The van der Waals surface area contributed by atoms with Crippen LogP contribution < -0.4 is 10.2 Å². The minimum Gasteiger partial charge on any atom is -0.462 e. The molecule has 0 radical (unpaired) electrons. The molecule has 0 aromatic heterocycles. The first-order valence-corrected chi connectivity index (χ1v) is 8.87. The van der Waals surface area contributed by atoms with E-state index in [2.05, 4.69) is 5.32 Å². The second-order valence-electron chi connectivity index (χ2n) is 6.15. The molecule has 7 nitrogen and oxygen atoms in total. The van der Waals surface area contributed by atoms with Crippen molar-refractivity contribution in [2.24, 2.45) is 0 Å². The minimum absolute atomic E-state index is 0.149. The number of halogens is 1. The van der Waals surface area contributed by atoms with Crippen molar-refractivity contribution in [3.8, 4) is 0 Å². The number of hydrogen-bond donors (Lipinski definition) is 1. The van der Waals surface area contributed by atoms with Gasteiger partial charge in [0.2, 0.25) is 5.91 Å². The van der Waals surface area contributed by atoms with Crippen LogP contribution in [0.3, 0.4) is 0 Å². The Balaban J connectivity index is 1.57. The minimum atomic E-state index is -0.483. The van der Waals surface area contributed by atoms with Gasteiger partial charge in [-0.05, 0) is 43.3 Å². The average Bonchev–Trinajstić information content (AvgIpc) is 3.03. The molecular weight excluding hydrogens is 365 g/mol. The van der Waals surface area contributed by atoms with Crippen molar-refractivity contribution in [3.63, 3.8) is 0 Å². The maximum Gasteiger partial charge on any atom is 0.338 e. The van der Waals surface area contributed by atoms with Crippen LogP contribution >= 0.6 is 0 Å². The van der Waals surface area contributed by atoms with Crippen molar-refractivity contribution in [2.45, 2.75) is 6.92 Å². The fraction of sp³-hybridized carbons (Fsp3) is 0.250. The van der Waals surface area contributed by atoms with Crippen molar-refractivity contribution < 1.29 is 23.5 Å². The molecule has 28 heavy (non-hydrogen) atoms. The van der Waals surface area contributed by atoms with Crippen molar-refractivity contribution >= 4 is 29.3 Å². The highest BCUT2D eigenvalue weighted by atomic mass is 19.1. The van der Waals surface area contributed by atoms with Crippen LogP contribution in [0.25, 0.3) is 0 Å². The molecule has 8 heteroatoms. The average molecular weight is 385 g/mol. The number of nitrogens with zero attached hydrogens (tertiary/aromatic N) is 2. The smallest absolute Gasteiger partial charge is 0.338 e. The fourth-order valence-electron chi connectivity index (χ4n) is 2.90. The number of ether oxygens (including phenoxy) is 1. The summed E-state index contributed by atoms with van der Waals surface area (Å²) in [6.45, 7) is 2.48. The molecule has 1 saturated heterocycles. The van der Waals surface area contributed by atoms with E-state index in [-0.39, 0.29) is 24.7 Å². The Labute approximate surface area is 161 Å². The molecule has 0 atom stereocenters. The molecule has 1 fully saturated rings. The first-order valence-electron chi connectivity index (χ1n) is 8.87. The molecule has 0 aliphatic carbocycles. The number of esters is 1. The van der Waals surface area contributed by atoms with E-state index in [1.807, 2.05) is 0 Å². The summed E-state index contributed by atoms with van der Waals surface area (Å²) in [6.07, 6.45) is 0. The van der Waals surface area contributed by atoms with Crippen LogP contribution in [-0.2, 0) is 9.53 Å². The molecule has 1 aliphatic heterocycles. The van der Waals surface area contributed by atoms with Gasteiger partial charge in [-0.3, -0.25) is 9.69 Å². The lowest BCUT2D eigenvalue weighted by atomic mass is 10.2. The Hall–Kier alpha value is -3.42. The lowest BCUT2D eigenvalue weighted by Gasteiger charge is -2.18. The first kappa shape index (κ1) is 19.3. The zero-order chi connectivity index (χ0) is 20.1. The molecule has 0 unspecified atom stereocenters. The lowest BCUT2D eigenvalue weighted by molar-refractivity contribution is -0.116. The highest BCUT2D eigenvalue weighted by molar-refractivity contribution is 5.99. The van der Waals surface area contributed by atoms with Crippen LogP contribution in [0, 0.1) is 5.82 Å². The van der Waals surface area contributed by atoms with Gasteiger partial charge in [-0.25, -0.2) is 14.0 Å². The highest BCUT2D eigenvalue weighted by Gasteiger charge is 2.32. The summed E-state index contributed by atoms with van der Waals surface area (Å²) < 4.78 is 18.8. The summed E-state index contributed by atoms with van der Waals surface area (Å²) in [6, 6.07) is 11.9. The van der Waals surface area contributed by atoms with Gasteiger partial charge in [0.1, 0.15) is 12.4 Å². The molecule has 146 valence electrons. The number of rotatable bonds is 6. The van der Waals surface area contributed by atoms with Crippen molar-refractivity contribution in [1.29, 1.82) is 0 Å². The van der Waals surface area contributed by atoms with Gasteiger partial charge in [-0.1, -0.05) is 12.1 Å². The standard InChI is InChI=1S/C20H20FN3O4/c1-2-28-19(26)14-7-9-15(10-8-14)22-18(25)13-23-11-12-24(20(23)27)17-6-4-3-5-16(17)21/h3-10H,2,11-13H2,1H3,(H,22,25). The third-order valence-corrected chi connectivity index (χ3v) is 4.25. The van der Waals surface area contributed by atoms with Gasteiger partial charge >= 0.3 is 12.0 Å². The van der Waals surface area contributed by atoms with E-state index < -0.39 is 17.8 Å². The van der Waals surface area contributed by atoms with E-state index in [0.29, 0.717) is 24.3 Å². The lowest BCUT2D eigenvalue weighted by Crippen LogP contribution is -2.37. The predicted octanol–water partition coefficient (Wildman–Crippen LogP) is 2.88. The monoisotopic (exact) mass is 385 g/mol. The summed E-state index contributed by atoms with van der Waals surface area (Å²) >= 11 is 0. The Morgan fingerprint density at radius 1 is 1.11 bits per heavy atom. The highest BCUT2D eigenvalue weighted by Crippen LogP contribution is 2.23. The van der Waals surface area contributed by atoms with Gasteiger partial charge in [0.25, 0.3) is 0 Å². The van der Waals surface area contributed by atoms with Crippen LogP contribution in [0.1, 0.15) is 17.3 Å². The summed E-state index contributed by atoms with van der Waals surface area (Å²) in [7, 11) is 0.